The quantitative estimate of drug-likeness (QED) is 0.247. The number of para-hydroxylation sites is 1. The molecule has 2 amide bonds. The summed E-state index contributed by atoms with van der Waals surface area (Å²) in [5, 5.41) is 29.0. The van der Waals surface area contributed by atoms with E-state index >= 15 is 0 Å². The molecule has 1 fully saturated rings. The van der Waals surface area contributed by atoms with E-state index in [1.807, 2.05) is 38.1 Å². The lowest BCUT2D eigenvalue weighted by Crippen LogP contribution is -2.54. The Labute approximate surface area is 221 Å². The van der Waals surface area contributed by atoms with Crippen LogP contribution in [0.3, 0.4) is 0 Å². The van der Waals surface area contributed by atoms with Gasteiger partial charge >= 0.3 is 15.0 Å². The number of fused-ring (bicyclic) bond motifs is 1. The van der Waals surface area contributed by atoms with E-state index < -0.39 is 45.1 Å². The number of nitrogens with one attached hydrogen (secondary N) is 3. The summed E-state index contributed by atoms with van der Waals surface area (Å²) < 4.78 is 27.4. The summed E-state index contributed by atoms with van der Waals surface area (Å²) in [5.74, 6) is -0.781. The minimum Gasteiger partial charge on any atom is -0.618 e. The van der Waals surface area contributed by atoms with Gasteiger partial charge in [0.1, 0.15) is 11.7 Å². The molecule has 0 radical (unpaired) electrons. The van der Waals surface area contributed by atoms with Gasteiger partial charge in [0, 0.05) is 36.1 Å². The van der Waals surface area contributed by atoms with Gasteiger partial charge in [-0.1, -0.05) is 32.0 Å². The second-order valence-corrected chi connectivity index (χ2v) is 11.9. The van der Waals surface area contributed by atoms with Crippen LogP contribution >= 0.6 is 0 Å². The number of β-amino-alcohol motifs (C(OH)–C–C–N with tert-alkyl or cyclic N) is 1. The van der Waals surface area contributed by atoms with Crippen LogP contribution in [0.4, 0.5) is 0 Å². The van der Waals surface area contributed by atoms with E-state index in [0.717, 1.165) is 21.4 Å². The summed E-state index contributed by atoms with van der Waals surface area (Å²) in [6, 6.07) is 11.7. The van der Waals surface area contributed by atoms with Crippen LogP contribution < -0.4 is 15.4 Å². The van der Waals surface area contributed by atoms with Gasteiger partial charge in [0.2, 0.25) is 5.91 Å². The van der Waals surface area contributed by atoms with Crippen LogP contribution in [-0.4, -0.2) is 65.9 Å². The number of benzene rings is 1. The highest BCUT2D eigenvalue weighted by atomic mass is 32.2. The Morgan fingerprint density at radius 2 is 1.95 bits per heavy atom. The molecule has 0 bridgehead atoms. The Bertz CT molecular complexity index is 1370. The number of carbonyl (C=O) groups is 2. The van der Waals surface area contributed by atoms with E-state index in [1.165, 1.54) is 18.2 Å². The van der Waals surface area contributed by atoms with Crippen molar-refractivity contribution in [3.05, 3.63) is 65.6 Å². The van der Waals surface area contributed by atoms with E-state index in [0.29, 0.717) is 25.0 Å². The van der Waals surface area contributed by atoms with Crippen LogP contribution in [0, 0.1) is 11.1 Å². The molecule has 1 saturated heterocycles. The molecule has 3 atom stereocenters. The second-order valence-electron chi connectivity index (χ2n) is 9.98. The second kappa shape index (κ2) is 11.5. The Morgan fingerprint density at radius 3 is 2.66 bits per heavy atom. The summed E-state index contributed by atoms with van der Waals surface area (Å²) in [6.45, 7) is 3.68. The van der Waals surface area contributed by atoms with Crippen LogP contribution in [0.25, 0.3) is 10.9 Å². The molecule has 11 nitrogen and oxygen atoms in total. The average molecular weight is 544 g/mol. The number of sulfonamides is 1. The zero-order valence-electron chi connectivity index (χ0n) is 21.3. The van der Waals surface area contributed by atoms with Crippen molar-refractivity contribution in [1.82, 2.24) is 19.9 Å². The molecule has 0 spiro atoms. The predicted molar refractivity (Wildman–Crippen MR) is 140 cm³/mol. The first-order valence-electron chi connectivity index (χ1n) is 12.6. The standard InChI is InChI=1S/C26H33N5O6S/c1-17(2)14-21(29-26(34)22-15-18-8-3-4-9-19(18)27-22)25(33)28-20-10-7-12-30(16-23(20)32)38(36,37)24-11-5-6-13-31(24)35/h3-6,8-9,11,13,15,17,20-21,23,27,32H,7,10,12,14,16H2,1-2H3,(H,28,33)(H,29,34)/t20?,21?,23-/m0/s1. The number of nitrogens with zero attached hydrogens (tertiary/aromatic N) is 2. The molecular formula is C26H33N5O6S. The molecular weight excluding hydrogens is 510 g/mol. The van der Waals surface area contributed by atoms with E-state index in [4.69, 9.17) is 0 Å². The van der Waals surface area contributed by atoms with Crippen molar-refractivity contribution in [2.75, 3.05) is 13.1 Å². The van der Waals surface area contributed by atoms with Crippen molar-refractivity contribution in [3.63, 3.8) is 0 Å². The van der Waals surface area contributed by atoms with E-state index in [1.54, 1.807) is 6.07 Å². The fourth-order valence-corrected chi connectivity index (χ4v) is 6.18. The zero-order valence-corrected chi connectivity index (χ0v) is 22.1. The maximum absolute atomic E-state index is 13.3. The molecule has 0 aliphatic carbocycles. The molecule has 204 valence electrons. The third kappa shape index (κ3) is 6.14. The zero-order chi connectivity index (χ0) is 27.4. The maximum Gasteiger partial charge on any atom is 0.323 e. The van der Waals surface area contributed by atoms with Crippen molar-refractivity contribution >= 4 is 32.7 Å². The Balaban J connectivity index is 1.44. The number of rotatable bonds is 8. The normalized spacial score (nSPS) is 19.7. The van der Waals surface area contributed by atoms with Crippen LogP contribution in [0.1, 0.15) is 43.6 Å². The average Bonchev–Trinajstić information content (AvgIpc) is 3.22. The van der Waals surface area contributed by atoms with Gasteiger partial charge in [0.25, 0.3) is 5.91 Å². The van der Waals surface area contributed by atoms with Crippen molar-refractivity contribution in [2.24, 2.45) is 5.92 Å². The van der Waals surface area contributed by atoms with Crippen molar-refractivity contribution in [3.8, 4) is 0 Å². The van der Waals surface area contributed by atoms with Gasteiger partial charge in [-0.25, -0.2) is 8.42 Å². The van der Waals surface area contributed by atoms with E-state index in [9.17, 15) is 28.3 Å². The molecule has 1 aliphatic rings. The Morgan fingerprint density at radius 1 is 1.21 bits per heavy atom. The highest BCUT2D eigenvalue weighted by Crippen LogP contribution is 2.20. The monoisotopic (exact) mass is 543 g/mol. The molecule has 1 aliphatic heterocycles. The molecule has 3 heterocycles. The highest BCUT2D eigenvalue weighted by Gasteiger charge is 2.37. The topological polar surface area (TPSA) is 159 Å². The lowest BCUT2D eigenvalue weighted by atomic mass is 10.0. The van der Waals surface area contributed by atoms with E-state index in [2.05, 4.69) is 15.6 Å². The first kappa shape index (κ1) is 27.6. The Kier molecular flexibility index (Phi) is 8.34. The number of aromatic nitrogens is 2. The predicted octanol–water partition coefficient (Wildman–Crippen LogP) is 1.28. The molecule has 2 aromatic heterocycles. The van der Waals surface area contributed by atoms with Gasteiger partial charge in [0.05, 0.1) is 12.1 Å². The molecule has 1 aromatic carbocycles. The number of hydrogen-bond acceptors (Lipinski definition) is 6. The van der Waals surface area contributed by atoms with E-state index in [-0.39, 0.29) is 23.7 Å². The molecule has 4 N–H and O–H groups in total. The number of H-pyrrole nitrogens is 1. The number of pyridine rings is 1. The third-order valence-corrected chi connectivity index (χ3v) is 8.46. The Hall–Kier alpha value is -3.48. The first-order chi connectivity index (χ1) is 18.1. The minimum atomic E-state index is -4.14. The molecule has 12 heteroatoms. The molecule has 0 saturated carbocycles. The fraction of sp³-hybridized carbons (Fsp3) is 0.423. The van der Waals surface area contributed by atoms with Crippen LogP contribution in [-0.2, 0) is 14.8 Å². The van der Waals surface area contributed by atoms with Crippen LogP contribution in [0.2, 0.25) is 0 Å². The summed E-state index contributed by atoms with van der Waals surface area (Å²) in [4.78, 5) is 29.3. The number of carbonyl (C=O) groups excluding carboxylic acids is 2. The largest absolute Gasteiger partial charge is 0.618 e. The van der Waals surface area contributed by atoms with Crippen LogP contribution in [0.5, 0.6) is 0 Å². The van der Waals surface area contributed by atoms with Crippen molar-refractivity contribution in [2.45, 2.75) is 56.3 Å². The van der Waals surface area contributed by atoms with Crippen molar-refractivity contribution in [1.29, 1.82) is 0 Å². The van der Waals surface area contributed by atoms with Gasteiger partial charge < -0.3 is 25.9 Å². The molecule has 38 heavy (non-hydrogen) atoms. The van der Waals surface area contributed by atoms with Gasteiger partial charge in [-0.3, -0.25) is 9.59 Å². The summed E-state index contributed by atoms with van der Waals surface area (Å²) >= 11 is 0. The highest BCUT2D eigenvalue weighted by molar-refractivity contribution is 7.88. The summed E-state index contributed by atoms with van der Waals surface area (Å²) in [7, 11) is -4.14. The molecule has 2 unspecified atom stereocenters. The van der Waals surface area contributed by atoms with Gasteiger partial charge in [-0.15, -0.1) is 0 Å². The summed E-state index contributed by atoms with van der Waals surface area (Å²) in [6.07, 6.45) is 0.963. The SMILES string of the molecule is CC(C)CC(NC(=O)c1cc2ccccc2[nH]1)C(=O)NC1CCCN(S(=O)(=O)c2cccc[n+]2[O-])C[C@@H]1O. The third-order valence-electron chi connectivity index (χ3n) is 6.60. The fourth-order valence-electron chi connectivity index (χ4n) is 4.66. The maximum atomic E-state index is 13.3. The van der Waals surface area contributed by atoms with Gasteiger partial charge in [-0.2, -0.15) is 9.04 Å². The van der Waals surface area contributed by atoms with Crippen molar-refractivity contribution < 1.29 is 27.8 Å². The number of amides is 2. The smallest absolute Gasteiger partial charge is 0.323 e. The lowest BCUT2D eigenvalue weighted by molar-refractivity contribution is -0.646. The van der Waals surface area contributed by atoms with Gasteiger partial charge in [-0.05, 0) is 43.4 Å². The lowest BCUT2D eigenvalue weighted by Gasteiger charge is -2.27. The first-order valence-corrected chi connectivity index (χ1v) is 14.1. The van der Waals surface area contributed by atoms with Crippen LogP contribution in [0.15, 0.2) is 59.8 Å². The molecule has 4 rings (SSSR count). The number of aliphatic hydroxyl groups excluding tert-OH is 1. The number of hydrogen-bond donors (Lipinski definition) is 4. The number of aromatic amines is 1. The molecule has 3 aromatic rings. The number of aliphatic hydroxyl groups is 1. The minimum absolute atomic E-state index is 0.0905. The summed E-state index contributed by atoms with van der Waals surface area (Å²) in [5.41, 5.74) is 1.14. The van der Waals surface area contributed by atoms with Gasteiger partial charge in [0.15, 0.2) is 6.20 Å².